The Morgan fingerprint density at radius 1 is 1.08 bits per heavy atom. The number of methoxy groups -OCH3 is 1. The predicted molar refractivity (Wildman–Crippen MR) is 114 cm³/mol. The third-order valence-electron chi connectivity index (χ3n) is 7.22. The number of carbonyl (C=O) groups is 1. The van der Waals surface area contributed by atoms with Gasteiger partial charge in [0.15, 0.2) is 17.8 Å². The lowest BCUT2D eigenvalue weighted by Gasteiger charge is -2.43. The molecule has 198 valence electrons. The zero-order chi connectivity index (χ0) is 25.8. The van der Waals surface area contributed by atoms with Crippen molar-refractivity contribution >= 4 is 5.97 Å². The number of hydrogen-bond acceptors (Lipinski definition) is 13. The van der Waals surface area contributed by atoms with Gasteiger partial charge in [-0.3, -0.25) is 0 Å². The molecule has 1 saturated carbocycles. The molecule has 11 atom stereocenters. The van der Waals surface area contributed by atoms with Crippen LogP contribution in [0.3, 0.4) is 0 Å². The monoisotopic (exact) mass is 512 g/mol. The van der Waals surface area contributed by atoms with Crippen LogP contribution in [-0.4, -0.2) is 112 Å². The second-order valence-corrected chi connectivity index (χ2v) is 9.22. The van der Waals surface area contributed by atoms with Crippen molar-refractivity contribution in [1.29, 1.82) is 0 Å². The topological polar surface area (TPSA) is 197 Å². The highest BCUT2D eigenvalue weighted by Crippen LogP contribution is 2.60. The molecule has 1 aromatic carbocycles. The Bertz CT molecular complexity index is 1010. The van der Waals surface area contributed by atoms with Gasteiger partial charge in [0.25, 0.3) is 0 Å². The lowest BCUT2D eigenvalue weighted by molar-refractivity contribution is -0.344. The fourth-order valence-electron chi connectivity index (χ4n) is 5.22. The van der Waals surface area contributed by atoms with E-state index >= 15 is 0 Å². The number of hydrogen-bond donors (Lipinski definition) is 6. The molecule has 13 heteroatoms. The van der Waals surface area contributed by atoms with Crippen LogP contribution in [0.1, 0.15) is 10.4 Å². The summed E-state index contributed by atoms with van der Waals surface area (Å²) < 4.78 is 33.1. The number of benzene rings is 1. The van der Waals surface area contributed by atoms with Gasteiger partial charge in [0.1, 0.15) is 42.7 Å². The minimum atomic E-state index is -1.66. The van der Waals surface area contributed by atoms with E-state index in [1.54, 1.807) is 6.08 Å². The number of aliphatic hydroxyl groups is 5. The highest BCUT2D eigenvalue weighted by atomic mass is 16.8. The molecule has 1 aliphatic carbocycles. The van der Waals surface area contributed by atoms with E-state index in [0.29, 0.717) is 0 Å². The van der Waals surface area contributed by atoms with E-state index < -0.39 is 79.2 Å². The number of rotatable bonds is 7. The summed E-state index contributed by atoms with van der Waals surface area (Å²) >= 11 is 0. The van der Waals surface area contributed by atoms with E-state index in [9.17, 15) is 35.4 Å². The SMILES string of the molecule is COc1cc(C(=O)OC[C@]23O[C@H]2[C@@H](O)[C@@H]2C=CO[C@@H](O[C@H]4O[C@H](CO)[C@@H](O)[C@H](O)[C@H]4O)[C@@H]23)ccc1O. The van der Waals surface area contributed by atoms with Gasteiger partial charge < -0.3 is 59.1 Å². The van der Waals surface area contributed by atoms with Crippen LogP contribution in [-0.2, 0) is 23.7 Å². The Labute approximate surface area is 205 Å². The second-order valence-electron chi connectivity index (χ2n) is 9.22. The Balaban J connectivity index is 1.32. The number of aromatic hydroxyl groups is 1. The van der Waals surface area contributed by atoms with E-state index in [0.717, 1.165) is 0 Å². The van der Waals surface area contributed by atoms with Crippen molar-refractivity contribution < 1.29 is 63.9 Å². The molecule has 13 nitrogen and oxygen atoms in total. The maximum Gasteiger partial charge on any atom is 0.338 e. The highest BCUT2D eigenvalue weighted by molar-refractivity contribution is 5.90. The van der Waals surface area contributed by atoms with E-state index in [1.165, 1.54) is 31.6 Å². The number of phenolic OH excluding ortho intramolecular Hbond substituents is 1. The largest absolute Gasteiger partial charge is 0.504 e. The highest BCUT2D eigenvalue weighted by Gasteiger charge is 2.76. The first-order valence-corrected chi connectivity index (χ1v) is 11.4. The van der Waals surface area contributed by atoms with Crippen LogP contribution in [0.5, 0.6) is 11.5 Å². The molecule has 2 saturated heterocycles. The van der Waals surface area contributed by atoms with Gasteiger partial charge in [-0.15, -0.1) is 0 Å². The van der Waals surface area contributed by atoms with Crippen LogP contribution in [0.4, 0.5) is 0 Å². The van der Waals surface area contributed by atoms with Gasteiger partial charge in [0.05, 0.1) is 37.6 Å². The van der Waals surface area contributed by atoms with E-state index in [2.05, 4.69) is 0 Å². The predicted octanol–water partition coefficient (Wildman–Crippen LogP) is -2.01. The minimum Gasteiger partial charge on any atom is -0.504 e. The van der Waals surface area contributed by atoms with Crippen LogP contribution < -0.4 is 4.74 Å². The van der Waals surface area contributed by atoms with E-state index in [4.69, 9.17) is 28.4 Å². The van der Waals surface area contributed by atoms with Crippen molar-refractivity contribution in [3.05, 3.63) is 36.1 Å². The van der Waals surface area contributed by atoms with Gasteiger partial charge in [-0.25, -0.2) is 4.79 Å². The first kappa shape index (κ1) is 25.2. The van der Waals surface area contributed by atoms with E-state index in [1.807, 2.05) is 0 Å². The zero-order valence-corrected chi connectivity index (χ0v) is 19.1. The van der Waals surface area contributed by atoms with Gasteiger partial charge >= 0.3 is 5.97 Å². The molecule has 36 heavy (non-hydrogen) atoms. The van der Waals surface area contributed by atoms with Gasteiger partial charge in [0.2, 0.25) is 6.29 Å². The van der Waals surface area contributed by atoms with Crippen molar-refractivity contribution in [2.24, 2.45) is 11.8 Å². The molecule has 6 N–H and O–H groups in total. The lowest BCUT2D eigenvalue weighted by atomic mass is 9.85. The summed E-state index contributed by atoms with van der Waals surface area (Å²) in [5.74, 6) is -1.96. The molecule has 3 aliphatic heterocycles. The molecule has 0 radical (unpaired) electrons. The van der Waals surface area contributed by atoms with E-state index in [-0.39, 0.29) is 23.7 Å². The molecule has 0 spiro atoms. The van der Waals surface area contributed by atoms with Crippen molar-refractivity contribution in [2.45, 2.75) is 54.8 Å². The standard InChI is InChI=1S/C23H28O13/c1-31-12-6-9(2-3-11(12)25)20(30)33-8-23-14-10(15(26)19(23)36-23)4-5-32-21(14)35-22-18(29)17(28)16(27)13(7-24)34-22/h2-6,10,13-19,21-22,24-29H,7-8H2,1H3/t10-,13-,14-,15+,16-,17+,18-,19+,21+,22-,23-/m1/s1. The summed E-state index contributed by atoms with van der Waals surface area (Å²) in [5, 5.41) is 60.4. The van der Waals surface area contributed by atoms with Crippen molar-refractivity contribution in [3.8, 4) is 11.5 Å². The quantitative estimate of drug-likeness (QED) is 0.173. The Kier molecular flexibility index (Phi) is 6.59. The molecule has 0 unspecified atom stereocenters. The maximum absolute atomic E-state index is 12.7. The fraction of sp³-hybridized carbons (Fsp3) is 0.609. The summed E-state index contributed by atoms with van der Waals surface area (Å²) in [4.78, 5) is 12.7. The molecule has 4 aliphatic rings. The smallest absolute Gasteiger partial charge is 0.338 e. The molecular weight excluding hydrogens is 484 g/mol. The third kappa shape index (κ3) is 4.01. The molecule has 0 amide bonds. The first-order valence-electron chi connectivity index (χ1n) is 11.4. The van der Waals surface area contributed by atoms with Crippen LogP contribution in [0, 0.1) is 11.8 Å². The summed E-state index contributed by atoms with van der Waals surface area (Å²) in [6.45, 7) is -0.891. The Hall–Kier alpha value is -2.49. The Morgan fingerprint density at radius 3 is 2.58 bits per heavy atom. The normalized spacial score (nSPS) is 42.7. The number of phenols is 1. The molecule has 5 rings (SSSR count). The number of carbonyl (C=O) groups excluding carboxylic acids is 1. The Morgan fingerprint density at radius 2 is 1.86 bits per heavy atom. The van der Waals surface area contributed by atoms with Crippen molar-refractivity contribution in [1.82, 2.24) is 0 Å². The molecule has 3 heterocycles. The average Bonchev–Trinajstić information content (AvgIpc) is 3.57. The van der Waals surface area contributed by atoms with Crippen LogP contribution >= 0.6 is 0 Å². The summed E-state index contributed by atoms with van der Waals surface area (Å²) in [6.07, 6.45) is -7.35. The van der Waals surface area contributed by atoms with Crippen LogP contribution in [0.25, 0.3) is 0 Å². The van der Waals surface area contributed by atoms with Crippen LogP contribution in [0.2, 0.25) is 0 Å². The second kappa shape index (κ2) is 9.43. The molecule has 3 fully saturated rings. The number of esters is 1. The fourth-order valence-corrected chi connectivity index (χ4v) is 5.22. The van der Waals surface area contributed by atoms with Gasteiger partial charge in [-0.05, 0) is 24.3 Å². The van der Waals surface area contributed by atoms with Crippen molar-refractivity contribution in [3.63, 3.8) is 0 Å². The number of aliphatic hydroxyl groups excluding tert-OH is 5. The van der Waals surface area contributed by atoms with Gasteiger partial charge in [0, 0.05) is 5.92 Å². The number of epoxide rings is 1. The van der Waals surface area contributed by atoms with Crippen molar-refractivity contribution in [2.75, 3.05) is 20.3 Å². The van der Waals surface area contributed by atoms with Gasteiger partial charge in [-0.1, -0.05) is 0 Å². The molecule has 0 aromatic heterocycles. The maximum atomic E-state index is 12.7. The molecule has 1 aromatic rings. The van der Waals surface area contributed by atoms with Gasteiger partial charge in [-0.2, -0.15) is 0 Å². The number of ether oxygens (including phenoxy) is 6. The molecular formula is C23H28O13. The summed E-state index contributed by atoms with van der Waals surface area (Å²) in [6, 6.07) is 3.99. The molecule has 0 bridgehead atoms. The third-order valence-corrected chi connectivity index (χ3v) is 7.22. The average molecular weight is 512 g/mol. The first-order chi connectivity index (χ1) is 17.2. The lowest BCUT2D eigenvalue weighted by Crippen LogP contribution is -2.60. The summed E-state index contributed by atoms with van der Waals surface area (Å²) in [5.41, 5.74) is -1.04. The summed E-state index contributed by atoms with van der Waals surface area (Å²) in [7, 11) is 1.35. The minimum absolute atomic E-state index is 0.0957. The number of fused-ring (bicyclic) bond motifs is 3. The zero-order valence-electron chi connectivity index (χ0n) is 19.1. The van der Waals surface area contributed by atoms with Crippen LogP contribution in [0.15, 0.2) is 30.5 Å².